The number of rotatable bonds is 16. The fraction of sp³-hybridized carbons (Fsp3) is 0.283. The van der Waals surface area contributed by atoms with Crippen LogP contribution in [-0.4, -0.2) is 94.0 Å². The summed E-state index contributed by atoms with van der Waals surface area (Å²) in [6, 6.07) is 26.5. The first-order chi connectivity index (χ1) is 32.4. The highest BCUT2D eigenvalue weighted by Gasteiger charge is 2.45. The summed E-state index contributed by atoms with van der Waals surface area (Å²) in [6.45, 7) is -0.890. The van der Waals surface area contributed by atoms with Crippen molar-refractivity contribution >= 4 is 68.5 Å². The van der Waals surface area contributed by atoms with Gasteiger partial charge >= 0.3 is 7.82 Å². The third kappa shape index (κ3) is 8.32. The molecule has 6 aromatic carbocycles. The Morgan fingerprint density at radius 3 is 2.04 bits per heavy atom. The number of phosphoric acid groups is 1. The Labute approximate surface area is 379 Å². The first kappa shape index (κ1) is 44.3. The number of nitrogens with one attached hydrogen (secondary N) is 1. The predicted molar refractivity (Wildman–Crippen MR) is 242 cm³/mol. The Morgan fingerprint density at radius 2 is 1.42 bits per heavy atom. The average molecular weight is 932 g/mol. The van der Waals surface area contributed by atoms with Gasteiger partial charge in [0.05, 0.1) is 42.0 Å². The average Bonchev–Trinajstić information content (AvgIpc) is 3.96. The molecule has 3 heterocycles. The van der Waals surface area contributed by atoms with Gasteiger partial charge < -0.3 is 30.5 Å². The first-order valence-corrected chi connectivity index (χ1v) is 22.8. The summed E-state index contributed by atoms with van der Waals surface area (Å²) in [6.07, 6.45) is -4.17. The van der Waals surface area contributed by atoms with E-state index in [0.717, 1.165) is 32.3 Å². The molecule has 0 unspecified atom stereocenters. The summed E-state index contributed by atoms with van der Waals surface area (Å²) in [5, 5.41) is 76.0. The van der Waals surface area contributed by atoms with Gasteiger partial charge in [0.1, 0.15) is 43.1 Å². The van der Waals surface area contributed by atoms with Crippen molar-refractivity contribution in [1.82, 2.24) is 19.5 Å². The lowest BCUT2D eigenvalue weighted by atomic mass is 9.77. The van der Waals surface area contributed by atoms with Crippen molar-refractivity contribution in [2.24, 2.45) is 0 Å². The number of fused-ring (bicyclic) bond motifs is 3. The van der Waals surface area contributed by atoms with Gasteiger partial charge in [0.25, 0.3) is 11.4 Å². The lowest BCUT2D eigenvalue weighted by Crippen LogP contribution is -2.44. The number of hydrogen-bond acceptors (Lipinski definition) is 17. The number of imidazole rings is 1. The number of phosphoric ester groups is 1. The largest absolute Gasteiger partial charge is 0.475 e. The van der Waals surface area contributed by atoms with Gasteiger partial charge in [-0.25, -0.2) is 19.5 Å². The summed E-state index contributed by atoms with van der Waals surface area (Å²) in [5.41, 5.74) is 2.76. The highest BCUT2D eigenvalue weighted by molar-refractivity contribution is 7.48. The molecule has 2 aliphatic rings. The van der Waals surface area contributed by atoms with E-state index in [4.69, 9.17) is 18.3 Å². The van der Waals surface area contributed by atoms with Crippen LogP contribution in [0.3, 0.4) is 0 Å². The normalized spacial score (nSPS) is 21.9. The minimum atomic E-state index is -4.43. The molecule has 21 heteroatoms. The van der Waals surface area contributed by atoms with E-state index in [1.165, 1.54) is 36.9 Å². The zero-order chi connectivity index (χ0) is 46.6. The molecule has 20 nitrogen and oxygen atoms in total. The fourth-order valence-electron chi connectivity index (χ4n) is 9.19. The summed E-state index contributed by atoms with van der Waals surface area (Å²) in [5.74, 6) is 0.213. The van der Waals surface area contributed by atoms with Crippen molar-refractivity contribution in [3.05, 3.63) is 152 Å². The number of nitro groups is 2. The molecule has 67 heavy (non-hydrogen) atoms. The summed E-state index contributed by atoms with van der Waals surface area (Å²) in [4.78, 5) is 34.8. The van der Waals surface area contributed by atoms with Crippen LogP contribution in [0.1, 0.15) is 47.0 Å². The molecule has 344 valence electrons. The maximum absolute atomic E-state index is 14.4. The second-order valence-electron chi connectivity index (χ2n) is 16.5. The molecule has 0 amide bonds. The number of hydrogen-bond donors (Lipinski definition) is 5. The lowest BCUT2D eigenvalue weighted by Gasteiger charge is -2.39. The van der Waals surface area contributed by atoms with Crippen molar-refractivity contribution in [3.63, 3.8) is 0 Å². The predicted octanol–water partition coefficient (Wildman–Crippen LogP) is 6.75. The standard InChI is InChI=1S/C46H42N7O13P/c54-22-35-34(66-67(62,63-18-16-25-4-11-30(12-5-25)52(58)59)64-19-17-26-6-13-31(14-7-26)53(60)61)21-36(65-35)51-24-49-41-45(47-23-48-46(41)51)50-40-39-32-15-10-28-3-1-2-27-8-9-29(38(32)37(27)28)20-33(39)42(55)44(57)43(40)56/h1-15,20,23-24,34-36,40,42-44,54-57H,16-19,21-22H2,(H,47,48,50)/t34-,35+,36+,40-,42-,43-,44+/m0/s1. The monoisotopic (exact) mass is 931 g/mol. The Bertz CT molecular complexity index is 3110. The van der Waals surface area contributed by atoms with E-state index < -0.39 is 67.1 Å². The molecule has 8 aromatic rings. The fourth-order valence-corrected chi connectivity index (χ4v) is 10.6. The van der Waals surface area contributed by atoms with Crippen molar-refractivity contribution in [1.29, 1.82) is 0 Å². The molecule has 0 saturated carbocycles. The molecular weight excluding hydrogens is 890 g/mol. The third-order valence-electron chi connectivity index (χ3n) is 12.5. The number of benzene rings is 6. The van der Waals surface area contributed by atoms with E-state index in [1.807, 2.05) is 48.5 Å². The summed E-state index contributed by atoms with van der Waals surface area (Å²) in [7, 11) is -4.43. The van der Waals surface area contributed by atoms with E-state index in [1.54, 1.807) is 28.8 Å². The molecule has 0 bridgehead atoms. The van der Waals surface area contributed by atoms with Crippen LogP contribution in [0.15, 0.2) is 110 Å². The molecule has 1 saturated heterocycles. The number of ether oxygens (including phenoxy) is 1. The van der Waals surface area contributed by atoms with Gasteiger partial charge in [0, 0.05) is 30.7 Å². The van der Waals surface area contributed by atoms with E-state index in [-0.39, 0.29) is 55.2 Å². The molecule has 10 rings (SSSR count). The smallest absolute Gasteiger partial charge is 0.394 e. The maximum Gasteiger partial charge on any atom is 0.475 e. The molecule has 0 radical (unpaired) electrons. The maximum atomic E-state index is 14.4. The molecule has 1 fully saturated rings. The molecule has 5 N–H and O–H groups in total. The Balaban J connectivity index is 0.905. The number of anilines is 1. The molecule has 7 atom stereocenters. The first-order valence-electron chi connectivity index (χ1n) is 21.4. The van der Waals surface area contributed by atoms with E-state index in [2.05, 4.69) is 20.3 Å². The second kappa shape index (κ2) is 17.9. The summed E-state index contributed by atoms with van der Waals surface area (Å²) < 4.78 is 39.9. The number of aliphatic hydroxyl groups excluding tert-OH is 4. The highest BCUT2D eigenvalue weighted by atomic mass is 31.2. The van der Waals surface area contributed by atoms with Crippen LogP contribution in [-0.2, 0) is 35.7 Å². The van der Waals surface area contributed by atoms with Crippen molar-refractivity contribution < 1.29 is 53.1 Å². The van der Waals surface area contributed by atoms with Crippen LogP contribution in [0.2, 0.25) is 0 Å². The molecule has 1 aliphatic heterocycles. The zero-order valence-corrected chi connectivity index (χ0v) is 36.2. The van der Waals surface area contributed by atoms with Crippen molar-refractivity contribution in [2.75, 3.05) is 25.1 Å². The number of aromatic nitrogens is 4. The highest BCUT2D eigenvalue weighted by Crippen LogP contribution is 2.54. The van der Waals surface area contributed by atoms with Crippen LogP contribution in [0, 0.1) is 20.2 Å². The molecule has 0 spiro atoms. The van der Waals surface area contributed by atoms with E-state index in [0.29, 0.717) is 27.9 Å². The Kier molecular flexibility index (Phi) is 11.8. The van der Waals surface area contributed by atoms with Gasteiger partial charge in [0.2, 0.25) is 0 Å². The summed E-state index contributed by atoms with van der Waals surface area (Å²) >= 11 is 0. The minimum Gasteiger partial charge on any atom is -0.394 e. The number of non-ortho nitro benzene ring substituents is 2. The SMILES string of the molecule is O=[N+]([O-])c1ccc(CCOP(=O)(OCCc2ccc([N+](=O)[O-])cc2)O[C@H]2C[C@H](n3cnc4c(N[C@H]5c6c(cc7ccc8cccc9ccc6c7c89)[C@H](O)[C@@H](O)[C@H]5O)ncnc43)O[C@@H]2CO)cc1. The zero-order valence-electron chi connectivity index (χ0n) is 35.3. The third-order valence-corrected chi connectivity index (χ3v) is 14.1. The molecule has 1 aliphatic carbocycles. The van der Waals surface area contributed by atoms with Gasteiger partial charge in [-0.1, -0.05) is 66.7 Å². The van der Waals surface area contributed by atoms with Gasteiger partial charge in [-0.2, -0.15) is 0 Å². The van der Waals surface area contributed by atoms with Crippen molar-refractivity contribution in [2.45, 2.75) is 62.1 Å². The van der Waals surface area contributed by atoms with Gasteiger partial charge in [0.15, 0.2) is 17.0 Å². The van der Waals surface area contributed by atoms with Gasteiger partial charge in [-0.3, -0.25) is 38.4 Å². The number of aliphatic hydroxyl groups is 4. The Morgan fingerprint density at radius 1 is 0.791 bits per heavy atom. The lowest BCUT2D eigenvalue weighted by molar-refractivity contribution is -0.385. The number of nitro benzene ring substituents is 2. The second-order valence-corrected chi connectivity index (χ2v) is 18.1. The van der Waals surface area contributed by atoms with Crippen molar-refractivity contribution in [3.8, 4) is 0 Å². The van der Waals surface area contributed by atoms with Crippen LogP contribution < -0.4 is 5.32 Å². The number of nitrogens with zero attached hydrogens (tertiary/aromatic N) is 6. The van der Waals surface area contributed by atoms with E-state index >= 15 is 0 Å². The van der Waals surface area contributed by atoms with Crippen LogP contribution in [0.4, 0.5) is 17.2 Å². The van der Waals surface area contributed by atoms with E-state index in [9.17, 15) is 45.2 Å². The minimum absolute atomic E-state index is 0.0162. The van der Waals surface area contributed by atoms with Crippen LogP contribution in [0.5, 0.6) is 0 Å². The van der Waals surface area contributed by atoms with Gasteiger partial charge in [-0.05, 0) is 73.5 Å². The Hall–Kier alpha value is -6.58. The van der Waals surface area contributed by atoms with Gasteiger partial charge in [-0.15, -0.1) is 0 Å². The molecular formula is C46H42N7O13P. The van der Waals surface area contributed by atoms with Crippen LogP contribution >= 0.6 is 7.82 Å². The van der Waals surface area contributed by atoms with Crippen LogP contribution in [0.25, 0.3) is 43.5 Å². The quantitative estimate of drug-likeness (QED) is 0.0290. The molecule has 2 aromatic heterocycles. The topological polar surface area (TPSA) is 277 Å².